The average Bonchev–Trinajstić information content (AvgIpc) is 2.73. The molecule has 23 heavy (non-hydrogen) atoms. The fourth-order valence-corrected chi connectivity index (χ4v) is 2.78. The molecule has 1 aliphatic heterocycles. The topological polar surface area (TPSA) is 54.0 Å². The lowest BCUT2D eigenvalue weighted by molar-refractivity contribution is -0.155. The van der Waals surface area contributed by atoms with Crippen molar-refractivity contribution < 1.29 is 23.7 Å². The van der Waals surface area contributed by atoms with Crippen LogP contribution in [0.25, 0.3) is 0 Å². The lowest BCUT2D eigenvalue weighted by Gasteiger charge is -2.20. The van der Waals surface area contributed by atoms with E-state index in [0.29, 0.717) is 19.6 Å². The molecular weight excluding hydrogens is 296 g/mol. The Balaban J connectivity index is 1.85. The van der Waals surface area contributed by atoms with Gasteiger partial charge >= 0.3 is 5.97 Å². The van der Waals surface area contributed by atoms with Crippen molar-refractivity contribution >= 4 is 5.97 Å². The predicted octanol–water partition coefficient (Wildman–Crippen LogP) is 3.07. The van der Waals surface area contributed by atoms with Gasteiger partial charge in [-0.1, -0.05) is 30.3 Å². The average molecular weight is 322 g/mol. The van der Waals surface area contributed by atoms with Crippen molar-refractivity contribution in [2.24, 2.45) is 0 Å². The van der Waals surface area contributed by atoms with Crippen LogP contribution in [0.15, 0.2) is 30.3 Å². The molecule has 1 heterocycles. The zero-order valence-corrected chi connectivity index (χ0v) is 14.3. The number of hydrogen-bond acceptors (Lipinski definition) is 5. The summed E-state index contributed by atoms with van der Waals surface area (Å²) in [7, 11) is 0. The summed E-state index contributed by atoms with van der Waals surface area (Å²) in [5.41, 5.74) is 1.12. The largest absolute Gasteiger partial charge is 0.463 e. The Labute approximate surface area is 137 Å². The number of esters is 1. The third-order valence-electron chi connectivity index (χ3n) is 3.61. The molecule has 0 unspecified atom stereocenters. The molecule has 1 saturated heterocycles. The molecule has 5 nitrogen and oxygen atoms in total. The lowest BCUT2D eigenvalue weighted by atomic mass is 10.1. The van der Waals surface area contributed by atoms with Crippen LogP contribution in [0.3, 0.4) is 0 Å². The first-order chi connectivity index (χ1) is 10.9. The highest BCUT2D eigenvalue weighted by atomic mass is 16.8. The van der Waals surface area contributed by atoms with Crippen molar-refractivity contribution in [2.45, 2.75) is 64.8 Å². The first-order valence-corrected chi connectivity index (χ1v) is 8.00. The molecule has 0 N–H and O–H groups in total. The lowest BCUT2D eigenvalue weighted by Crippen LogP contribution is -2.31. The number of ether oxygens (including phenoxy) is 4. The van der Waals surface area contributed by atoms with Crippen LogP contribution in [-0.4, -0.2) is 36.7 Å². The number of rotatable bonds is 7. The molecule has 0 bridgehead atoms. The molecule has 2 rings (SSSR count). The van der Waals surface area contributed by atoms with Gasteiger partial charge < -0.3 is 18.9 Å². The van der Waals surface area contributed by atoms with Crippen LogP contribution in [0.5, 0.6) is 0 Å². The van der Waals surface area contributed by atoms with Gasteiger partial charge in [0.05, 0.1) is 19.3 Å². The smallest absolute Gasteiger partial charge is 0.302 e. The van der Waals surface area contributed by atoms with Crippen molar-refractivity contribution in [2.75, 3.05) is 6.61 Å². The van der Waals surface area contributed by atoms with Crippen molar-refractivity contribution in [1.29, 1.82) is 0 Å². The Morgan fingerprint density at radius 1 is 1.22 bits per heavy atom. The van der Waals surface area contributed by atoms with E-state index in [0.717, 1.165) is 5.56 Å². The summed E-state index contributed by atoms with van der Waals surface area (Å²) >= 11 is 0. The second-order valence-corrected chi connectivity index (χ2v) is 6.37. The Morgan fingerprint density at radius 3 is 2.52 bits per heavy atom. The molecule has 1 aliphatic rings. The summed E-state index contributed by atoms with van der Waals surface area (Å²) in [5, 5.41) is 0. The van der Waals surface area contributed by atoms with E-state index in [9.17, 15) is 4.79 Å². The van der Waals surface area contributed by atoms with Crippen molar-refractivity contribution in [3.8, 4) is 0 Å². The maximum absolute atomic E-state index is 11.0. The summed E-state index contributed by atoms with van der Waals surface area (Å²) < 4.78 is 22.8. The molecule has 1 aromatic carbocycles. The summed E-state index contributed by atoms with van der Waals surface area (Å²) in [5.74, 6) is -0.936. The minimum Gasteiger partial charge on any atom is -0.463 e. The molecule has 128 valence electrons. The van der Waals surface area contributed by atoms with E-state index in [1.807, 2.05) is 51.1 Å². The van der Waals surface area contributed by atoms with Gasteiger partial charge in [-0.3, -0.25) is 4.79 Å². The van der Waals surface area contributed by atoms with E-state index >= 15 is 0 Å². The van der Waals surface area contributed by atoms with Gasteiger partial charge in [0.1, 0.15) is 12.2 Å². The summed E-state index contributed by atoms with van der Waals surface area (Å²) in [6, 6.07) is 10.00. The standard InChI is InChI=1S/C18H26O5/c1-13(21-14(2)19)10-16-17(23-18(3,4)22-16)12-20-11-15-8-6-5-7-9-15/h5-9,13,16-17H,10-12H2,1-4H3/t13-,16+,17+/m1/s1. The Hall–Kier alpha value is -1.43. The predicted molar refractivity (Wildman–Crippen MR) is 85.8 cm³/mol. The quantitative estimate of drug-likeness (QED) is 0.722. The number of carbonyl (C=O) groups is 1. The molecule has 3 atom stereocenters. The van der Waals surface area contributed by atoms with Crippen LogP contribution in [0.2, 0.25) is 0 Å². The zero-order valence-electron chi connectivity index (χ0n) is 14.3. The van der Waals surface area contributed by atoms with E-state index in [1.165, 1.54) is 6.92 Å². The van der Waals surface area contributed by atoms with E-state index < -0.39 is 5.79 Å². The molecule has 0 amide bonds. The van der Waals surface area contributed by atoms with Crippen molar-refractivity contribution in [3.63, 3.8) is 0 Å². The first-order valence-electron chi connectivity index (χ1n) is 8.00. The maximum Gasteiger partial charge on any atom is 0.302 e. The number of carbonyl (C=O) groups excluding carboxylic acids is 1. The van der Waals surface area contributed by atoms with Crippen molar-refractivity contribution in [1.82, 2.24) is 0 Å². The zero-order chi connectivity index (χ0) is 16.9. The van der Waals surface area contributed by atoms with Crippen LogP contribution >= 0.6 is 0 Å². The molecule has 5 heteroatoms. The monoisotopic (exact) mass is 322 g/mol. The Morgan fingerprint density at radius 2 is 1.87 bits per heavy atom. The second-order valence-electron chi connectivity index (χ2n) is 6.37. The molecule has 0 radical (unpaired) electrons. The molecule has 0 aromatic heterocycles. The third-order valence-corrected chi connectivity index (χ3v) is 3.61. The molecular formula is C18H26O5. The normalized spacial score (nSPS) is 24.3. The minimum atomic E-state index is -0.651. The van der Waals surface area contributed by atoms with Gasteiger partial charge in [-0.05, 0) is 26.3 Å². The van der Waals surface area contributed by atoms with Crippen LogP contribution in [0.1, 0.15) is 39.7 Å². The number of hydrogen-bond donors (Lipinski definition) is 0. The van der Waals surface area contributed by atoms with Gasteiger partial charge in [-0.2, -0.15) is 0 Å². The first kappa shape index (κ1) is 17.9. The van der Waals surface area contributed by atoms with E-state index in [2.05, 4.69) is 0 Å². The summed E-state index contributed by atoms with van der Waals surface area (Å²) in [6.45, 7) is 8.01. The van der Waals surface area contributed by atoms with Crippen LogP contribution in [0, 0.1) is 0 Å². The van der Waals surface area contributed by atoms with Crippen molar-refractivity contribution in [3.05, 3.63) is 35.9 Å². The Bertz CT molecular complexity index is 499. The second kappa shape index (κ2) is 7.90. The molecule has 1 aromatic rings. The molecule has 0 spiro atoms. The van der Waals surface area contributed by atoms with E-state index in [4.69, 9.17) is 18.9 Å². The highest BCUT2D eigenvalue weighted by Crippen LogP contribution is 2.31. The Kier molecular flexibility index (Phi) is 6.16. The van der Waals surface area contributed by atoms with Crippen LogP contribution < -0.4 is 0 Å². The van der Waals surface area contributed by atoms with Gasteiger partial charge in [-0.25, -0.2) is 0 Å². The van der Waals surface area contributed by atoms with Gasteiger partial charge in [-0.15, -0.1) is 0 Å². The third kappa shape index (κ3) is 5.94. The highest BCUT2D eigenvalue weighted by Gasteiger charge is 2.42. The molecule has 1 fully saturated rings. The number of benzene rings is 1. The van der Waals surface area contributed by atoms with E-state index in [1.54, 1.807) is 0 Å². The van der Waals surface area contributed by atoms with Gasteiger partial charge in [0.2, 0.25) is 0 Å². The SMILES string of the molecule is CC(=O)O[C@H](C)C[C@@H]1OC(C)(C)O[C@H]1COCc1ccccc1. The van der Waals surface area contributed by atoms with E-state index in [-0.39, 0.29) is 24.3 Å². The van der Waals surface area contributed by atoms with Crippen LogP contribution in [0.4, 0.5) is 0 Å². The molecule has 0 aliphatic carbocycles. The fraction of sp³-hybridized carbons (Fsp3) is 0.611. The van der Waals surface area contributed by atoms with Crippen LogP contribution in [-0.2, 0) is 30.3 Å². The van der Waals surface area contributed by atoms with Gasteiger partial charge in [0, 0.05) is 13.3 Å². The van der Waals surface area contributed by atoms with Gasteiger partial charge in [0.15, 0.2) is 5.79 Å². The highest BCUT2D eigenvalue weighted by molar-refractivity contribution is 5.66. The minimum absolute atomic E-state index is 0.157. The fourth-order valence-electron chi connectivity index (χ4n) is 2.78. The maximum atomic E-state index is 11.0. The van der Waals surface area contributed by atoms with Gasteiger partial charge in [0.25, 0.3) is 0 Å². The summed E-state index contributed by atoms with van der Waals surface area (Å²) in [4.78, 5) is 11.0. The summed E-state index contributed by atoms with van der Waals surface area (Å²) in [6.07, 6.45) is 0.0380. The molecule has 0 saturated carbocycles.